The molecule has 0 heterocycles. The average molecular weight is 358 g/mol. The number of benzene rings is 1. The van der Waals surface area contributed by atoms with E-state index in [1.54, 1.807) is 18.2 Å². The summed E-state index contributed by atoms with van der Waals surface area (Å²) in [7, 11) is 0. The van der Waals surface area contributed by atoms with Gasteiger partial charge in [0.2, 0.25) is 5.91 Å². The van der Waals surface area contributed by atoms with Crippen molar-refractivity contribution < 1.29 is 4.79 Å². The number of rotatable bonds is 6. The molecule has 0 bridgehead atoms. The van der Waals surface area contributed by atoms with Crippen LogP contribution in [0, 0.1) is 16.7 Å². The van der Waals surface area contributed by atoms with Crippen molar-refractivity contribution in [3.63, 3.8) is 0 Å². The molecular weight excluding hydrogens is 340 g/mol. The van der Waals surface area contributed by atoms with E-state index in [0.29, 0.717) is 23.6 Å². The normalized spacial score (nSPS) is 10.9. The summed E-state index contributed by atoms with van der Waals surface area (Å²) >= 11 is 9.30. The smallest absolute Gasteiger partial charge is 0.244 e. The molecule has 1 amide bonds. The lowest BCUT2D eigenvalue weighted by molar-refractivity contribution is -0.123. The highest BCUT2D eigenvalue weighted by molar-refractivity contribution is 9.10. The molecule has 0 spiro atoms. The Hall–Kier alpha value is -1.05. The molecule has 1 rings (SSSR count). The van der Waals surface area contributed by atoms with Gasteiger partial charge in [-0.05, 0) is 47.0 Å². The van der Waals surface area contributed by atoms with Crippen LogP contribution in [0.15, 0.2) is 22.7 Å². The fourth-order valence-electron chi connectivity index (χ4n) is 2.20. The monoisotopic (exact) mass is 356 g/mol. The van der Waals surface area contributed by atoms with Gasteiger partial charge in [-0.1, -0.05) is 38.3 Å². The first-order chi connectivity index (χ1) is 9.49. The number of nitrogens with zero attached hydrogens (tertiary/aromatic N) is 1. The van der Waals surface area contributed by atoms with Crippen molar-refractivity contribution in [3.05, 3.63) is 27.7 Å². The number of nitriles is 1. The number of halogens is 2. The zero-order chi connectivity index (χ0) is 15.2. The fourth-order valence-corrected chi connectivity index (χ4v) is 2.72. The molecule has 5 heteroatoms. The van der Waals surface area contributed by atoms with Crippen LogP contribution < -0.4 is 5.32 Å². The second-order valence-electron chi connectivity index (χ2n) is 4.77. The van der Waals surface area contributed by atoms with Gasteiger partial charge in [-0.2, -0.15) is 5.26 Å². The Morgan fingerprint density at radius 1 is 1.40 bits per heavy atom. The van der Waals surface area contributed by atoms with Crippen molar-refractivity contribution in [2.75, 3.05) is 5.32 Å². The second kappa shape index (κ2) is 7.66. The number of anilines is 1. The summed E-state index contributed by atoms with van der Waals surface area (Å²) in [5.74, 6) is -0.258. The Balaban J connectivity index is 3.02. The predicted octanol–water partition coefficient (Wildman–Crippen LogP) is 5.15. The first-order valence-electron chi connectivity index (χ1n) is 6.67. The van der Waals surface area contributed by atoms with E-state index in [9.17, 15) is 10.1 Å². The Morgan fingerprint density at radius 3 is 2.50 bits per heavy atom. The van der Waals surface area contributed by atoms with Crippen LogP contribution in [0.5, 0.6) is 0 Å². The highest BCUT2D eigenvalue weighted by Crippen LogP contribution is 2.33. The predicted molar refractivity (Wildman–Crippen MR) is 85.6 cm³/mol. The van der Waals surface area contributed by atoms with E-state index in [1.165, 1.54) is 0 Å². The van der Waals surface area contributed by atoms with Crippen LogP contribution in [-0.2, 0) is 4.79 Å². The molecule has 0 unspecified atom stereocenters. The molecule has 0 aliphatic rings. The van der Waals surface area contributed by atoms with E-state index < -0.39 is 5.41 Å². The zero-order valence-electron chi connectivity index (χ0n) is 11.7. The zero-order valence-corrected chi connectivity index (χ0v) is 14.0. The maximum atomic E-state index is 12.5. The van der Waals surface area contributed by atoms with Gasteiger partial charge in [0.25, 0.3) is 0 Å². The van der Waals surface area contributed by atoms with Crippen LogP contribution in [0.2, 0.25) is 5.02 Å². The average Bonchev–Trinajstić information content (AvgIpc) is 2.42. The van der Waals surface area contributed by atoms with Gasteiger partial charge in [0, 0.05) is 9.50 Å². The Kier molecular flexibility index (Phi) is 6.51. The number of carbonyl (C=O) groups is 1. The third-order valence-electron chi connectivity index (χ3n) is 3.18. The summed E-state index contributed by atoms with van der Waals surface area (Å²) in [5.41, 5.74) is -0.375. The molecule has 0 saturated heterocycles. The lowest BCUT2D eigenvalue weighted by Crippen LogP contribution is -2.35. The first-order valence-corrected chi connectivity index (χ1v) is 7.84. The number of nitrogens with one attached hydrogen (secondary N) is 1. The molecular formula is C15H18BrClN2O. The SMILES string of the molecule is CCCC(C#N)(CCC)C(=O)Nc1cc(Cl)ccc1Br. The number of hydrogen-bond donors (Lipinski definition) is 1. The van der Waals surface area contributed by atoms with Gasteiger partial charge >= 0.3 is 0 Å². The molecule has 108 valence electrons. The second-order valence-corrected chi connectivity index (χ2v) is 6.06. The van der Waals surface area contributed by atoms with Gasteiger partial charge in [-0.15, -0.1) is 0 Å². The van der Waals surface area contributed by atoms with Crippen LogP contribution in [0.3, 0.4) is 0 Å². The van der Waals surface area contributed by atoms with Crippen LogP contribution in [0.4, 0.5) is 5.69 Å². The Morgan fingerprint density at radius 2 is 2.00 bits per heavy atom. The molecule has 1 N–H and O–H groups in total. The third-order valence-corrected chi connectivity index (χ3v) is 4.11. The standard InChI is InChI=1S/C15H18BrClN2O/c1-3-7-15(10-18,8-4-2)14(20)19-13-9-11(17)5-6-12(13)16/h5-6,9H,3-4,7-8H2,1-2H3,(H,19,20). The van der Waals surface area contributed by atoms with E-state index in [2.05, 4.69) is 27.3 Å². The van der Waals surface area contributed by atoms with Gasteiger partial charge in [-0.25, -0.2) is 0 Å². The summed E-state index contributed by atoms with van der Waals surface area (Å²) < 4.78 is 0.745. The van der Waals surface area contributed by atoms with E-state index >= 15 is 0 Å². The molecule has 0 fully saturated rings. The van der Waals surface area contributed by atoms with Crippen molar-refractivity contribution in [2.45, 2.75) is 39.5 Å². The van der Waals surface area contributed by atoms with Crippen LogP contribution in [-0.4, -0.2) is 5.91 Å². The summed E-state index contributed by atoms with van der Waals surface area (Å²) in [5, 5.41) is 12.8. The van der Waals surface area contributed by atoms with Crippen molar-refractivity contribution in [2.24, 2.45) is 5.41 Å². The molecule has 0 atom stereocenters. The van der Waals surface area contributed by atoms with Crippen LogP contribution in [0.1, 0.15) is 39.5 Å². The number of carbonyl (C=O) groups excluding carboxylic acids is 1. The molecule has 0 aliphatic carbocycles. The molecule has 0 saturated carbocycles. The molecule has 20 heavy (non-hydrogen) atoms. The Bertz CT molecular complexity index is 519. The minimum atomic E-state index is -0.967. The minimum absolute atomic E-state index is 0.258. The molecule has 1 aromatic rings. The quantitative estimate of drug-likeness (QED) is 0.765. The molecule has 0 aromatic heterocycles. The molecule has 0 radical (unpaired) electrons. The molecule has 1 aromatic carbocycles. The van der Waals surface area contributed by atoms with Crippen molar-refractivity contribution in [3.8, 4) is 6.07 Å². The number of amides is 1. The Labute approximate surface area is 133 Å². The molecule has 0 aliphatic heterocycles. The van der Waals surface area contributed by atoms with E-state index in [4.69, 9.17) is 11.6 Å². The van der Waals surface area contributed by atoms with E-state index in [-0.39, 0.29) is 5.91 Å². The fraction of sp³-hybridized carbons (Fsp3) is 0.467. The lowest BCUT2D eigenvalue weighted by atomic mass is 9.79. The summed E-state index contributed by atoms with van der Waals surface area (Å²) in [6, 6.07) is 7.38. The van der Waals surface area contributed by atoms with Crippen molar-refractivity contribution in [1.82, 2.24) is 0 Å². The summed E-state index contributed by atoms with van der Waals surface area (Å²) in [6.45, 7) is 3.95. The topological polar surface area (TPSA) is 52.9 Å². The van der Waals surface area contributed by atoms with Gasteiger partial charge in [0.15, 0.2) is 0 Å². The van der Waals surface area contributed by atoms with Crippen LogP contribution in [0.25, 0.3) is 0 Å². The van der Waals surface area contributed by atoms with E-state index in [0.717, 1.165) is 17.3 Å². The van der Waals surface area contributed by atoms with Gasteiger partial charge < -0.3 is 5.32 Å². The van der Waals surface area contributed by atoms with Gasteiger partial charge in [-0.3, -0.25) is 4.79 Å². The summed E-state index contributed by atoms with van der Waals surface area (Å²) in [4.78, 5) is 12.5. The van der Waals surface area contributed by atoms with Gasteiger partial charge in [0.05, 0.1) is 11.8 Å². The highest BCUT2D eigenvalue weighted by atomic mass is 79.9. The number of hydrogen-bond acceptors (Lipinski definition) is 2. The maximum absolute atomic E-state index is 12.5. The van der Waals surface area contributed by atoms with Crippen molar-refractivity contribution >= 4 is 39.1 Å². The van der Waals surface area contributed by atoms with E-state index in [1.807, 2.05) is 13.8 Å². The maximum Gasteiger partial charge on any atom is 0.244 e. The highest BCUT2D eigenvalue weighted by Gasteiger charge is 2.37. The minimum Gasteiger partial charge on any atom is -0.324 e. The van der Waals surface area contributed by atoms with Gasteiger partial charge in [0.1, 0.15) is 5.41 Å². The first kappa shape index (κ1) is 17.0. The summed E-state index contributed by atoms with van der Waals surface area (Å²) in [6.07, 6.45) is 2.69. The third kappa shape index (κ3) is 3.97. The molecule has 3 nitrogen and oxygen atoms in total. The lowest BCUT2D eigenvalue weighted by Gasteiger charge is -2.25. The largest absolute Gasteiger partial charge is 0.324 e. The van der Waals surface area contributed by atoms with Crippen molar-refractivity contribution in [1.29, 1.82) is 5.26 Å². The van der Waals surface area contributed by atoms with Crippen LogP contribution >= 0.6 is 27.5 Å².